The van der Waals surface area contributed by atoms with Gasteiger partial charge in [0.15, 0.2) is 0 Å². The van der Waals surface area contributed by atoms with Gasteiger partial charge in [-0.2, -0.15) is 0 Å². The molecule has 0 radical (unpaired) electrons. The van der Waals surface area contributed by atoms with Gasteiger partial charge >= 0.3 is 0 Å². The third-order valence-corrected chi connectivity index (χ3v) is 3.94. The van der Waals surface area contributed by atoms with Gasteiger partial charge in [-0.05, 0) is 37.4 Å². The Labute approximate surface area is 101 Å². The number of fused-ring (bicyclic) bond motifs is 2. The van der Waals surface area contributed by atoms with Crippen LogP contribution in [-0.4, -0.2) is 35.6 Å². The zero-order chi connectivity index (χ0) is 11.0. The number of nitrogens with one attached hydrogen (secondary N) is 1. The second-order valence-electron chi connectivity index (χ2n) is 4.76. The highest BCUT2D eigenvalue weighted by molar-refractivity contribution is 6.29. The van der Waals surface area contributed by atoms with Crippen molar-refractivity contribution in [2.75, 3.05) is 25.0 Å². The maximum Gasteiger partial charge on any atom is 0.129 e. The molecule has 3 heterocycles. The largest absolute Gasteiger partial charge is 0.381 e. The molecular formula is C12H16ClN3. The fourth-order valence-electron chi connectivity index (χ4n) is 2.82. The van der Waals surface area contributed by atoms with Gasteiger partial charge in [0.05, 0.1) is 11.9 Å². The molecule has 0 spiro atoms. The number of halogens is 1. The molecule has 3 nitrogen and oxygen atoms in total. The molecule has 2 fully saturated rings. The van der Waals surface area contributed by atoms with E-state index in [2.05, 4.69) is 15.2 Å². The minimum Gasteiger partial charge on any atom is -0.381 e. The molecule has 0 aromatic carbocycles. The summed E-state index contributed by atoms with van der Waals surface area (Å²) < 4.78 is 0. The zero-order valence-corrected chi connectivity index (χ0v) is 9.95. The standard InChI is InChI=1S/C12H16ClN3/c13-12-2-1-10(7-14-12)15-11-4-6-16-5-3-9(11)8-16/h1-2,7,9,11,15H,3-6,8H2. The van der Waals surface area contributed by atoms with E-state index >= 15 is 0 Å². The van der Waals surface area contributed by atoms with Gasteiger partial charge in [-0.3, -0.25) is 0 Å². The Morgan fingerprint density at radius 1 is 1.31 bits per heavy atom. The molecule has 2 aliphatic rings. The summed E-state index contributed by atoms with van der Waals surface area (Å²) in [6.07, 6.45) is 4.40. The molecule has 1 aromatic rings. The topological polar surface area (TPSA) is 28.2 Å². The third-order valence-electron chi connectivity index (χ3n) is 3.71. The summed E-state index contributed by atoms with van der Waals surface area (Å²) in [4.78, 5) is 6.66. The molecule has 3 rings (SSSR count). The molecule has 3 unspecified atom stereocenters. The van der Waals surface area contributed by atoms with Gasteiger partial charge in [0.1, 0.15) is 5.15 Å². The van der Waals surface area contributed by atoms with Crippen molar-refractivity contribution in [2.24, 2.45) is 5.92 Å². The number of nitrogens with zero attached hydrogens (tertiary/aromatic N) is 2. The van der Waals surface area contributed by atoms with E-state index in [-0.39, 0.29) is 0 Å². The Kier molecular flexibility index (Phi) is 2.74. The number of pyridine rings is 1. The van der Waals surface area contributed by atoms with Gasteiger partial charge in [-0.25, -0.2) is 4.98 Å². The van der Waals surface area contributed by atoms with Crippen molar-refractivity contribution in [1.29, 1.82) is 0 Å². The number of rotatable bonds is 2. The lowest BCUT2D eigenvalue weighted by Crippen LogP contribution is -2.39. The molecule has 2 aliphatic heterocycles. The molecule has 16 heavy (non-hydrogen) atoms. The molecule has 1 N–H and O–H groups in total. The predicted molar refractivity (Wildman–Crippen MR) is 65.8 cm³/mol. The highest BCUT2D eigenvalue weighted by atomic mass is 35.5. The Hall–Kier alpha value is -0.800. The summed E-state index contributed by atoms with van der Waals surface area (Å²) in [7, 11) is 0. The summed E-state index contributed by atoms with van der Waals surface area (Å²) in [6.45, 7) is 3.77. The minimum absolute atomic E-state index is 0.557. The Morgan fingerprint density at radius 3 is 3.00 bits per heavy atom. The van der Waals surface area contributed by atoms with E-state index < -0.39 is 0 Å². The molecule has 3 atom stereocenters. The lowest BCUT2D eigenvalue weighted by atomic mass is 9.94. The van der Waals surface area contributed by atoms with Crippen LogP contribution in [0.3, 0.4) is 0 Å². The minimum atomic E-state index is 0.557. The first-order valence-corrected chi connectivity index (χ1v) is 6.29. The van der Waals surface area contributed by atoms with Gasteiger partial charge in [-0.15, -0.1) is 0 Å². The Morgan fingerprint density at radius 2 is 2.19 bits per heavy atom. The number of aromatic nitrogens is 1. The lowest BCUT2D eigenvalue weighted by Gasteiger charge is -2.31. The number of anilines is 1. The van der Waals surface area contributed by atoms with E-state index in [0.29, 0.717) is 11.2 Å². The fraction of sp³-hybridized carbons (Fsp3) is 0.583. The van der Waals surface area contributed by atoms with Gasteiger partial charge in [0.2, 0.25) is 0 Å². The zero-order valence-electron chi connectivity index (χ0n) is 9.19. The van der Waals surface area contributed by atoms with E-state index in [9.17, 15) is 0 Å². The van der Waals surface area contributed by atoms with Crippen molar-refractivity contribution in [3.05, 3.63) is 23.5 Å². The second kappa shape index (κ2) is 4.22. The van der Waals surface area contributed by atoms with Crippen molar-refractivity contribution in [3.8, 4) is 0 Å². The second-order valence-corrected chi connectivity index (χ2v) is 5.15. The fourth-order valence-corrected chi connectivity index (χ4v) is 2.93. The molecule has 86 valence electrons. The monoisotopic (exact) mass is 237 g/mol. The lowest BCUT2D eigenvalue weighted by molar-refractivity contribution is 0.255. The molecule has 1 aromatic heterocycles. The van der Waals surface area contributed by atoms with E-state index in [1.807, 2.05) is 18.3 Å². The van der Waals surface area contributed by atoms with Crippen molar-refractivity contribution in [3.63, 3.8) is 0 Å². The number of hydrogen-bond donors (Lipinski definition) is 1. The summed E-state index contributed by atoms with van der Waals surface area (Å²) in [5.74, 6) is 0.810. The van der Waals surface area contributed by atoms with Crippen LogP contribution in [-0.2, 0) is 0 Å². The molecule has 0 aliphatic carbocycles. The van der Waals surface area contributed by atoms with Crippen molar-refractivity contribution in [1.82, 2.24) is 9.88 Å². The summed E-state index contributed by atoms with van der Waals surface area (Å²) in [6, 6.07) is 4.46. The average molecular weight is 238 g/mol. The van der Waals surface area contributed by atoms with Gasteiger partial charge in [-0.1, -0.05) is 11.6 Å². The quantitative estimate of drug-likeness (QED) is 0.800. The van der Waals surface area contributed by atoms with Crippen LogP contribution in [0.25, 0.3) is 0 Å². The Bertz CT molecular complexity index is 365. The van der Waals surface area contributed by atoms with Crippen molar-refractivity contribution >= 4 is 17.3 Å². The van der Waals surface area contributed by atoms with Crippen molar-refractivity contribution < 1.29 is 0 Å². The van der Waals surface area contributed by atoms with Gasteiger partial charge in [0.25, 0.3) is 0 Å². The molecule has 0 saturated carbocycles. The SMILES string of the molecule is Clc1ccc(NC2CCN3CCC2C3)cn1. The predicted octanol–water partition coefficient (Wildman–Crippen LogP) is 2.24. The summed E-state index contributed by atoms with van der Waals surface area (Å²) >= 11 is 5.77. The first-order valence-electron chi connectivity index (χ1n) is 5.92. The van der Waals surface area contributed by atoms with Crippen LogP contribution in [0.1, 0.15) is 12.8 Å². The highest BCUT2D eigenvalue weighted by Gasteiger charge is 2.33. The average Bonchev–Trinajstić information content (AvgIpc) is 2.69. The van der Waals surface area contributed by atoms with Gasteiger partial charge in [0, 0.05) is 19.1 Å². The van der Waals surface area contributed by atoms with Gasteiger partial charge < -0.3 is 10.2 Å². The van der Waals surface area contributed by atoms with Crippen LogP contribution in [0, 0.1) is 5.92 Å². The molecule has 0 amide bonds. The van der Waals surface area contributed by atoms with Crippen LogP contribution >= 0.6 is 11.6 Å². The van der Waals surface area contributed by atoms with E-state index in [1.165, 1.54) is 32.5 Å². The van der Waals surface area contributed by atoms with E-state index in [0.717, 1.165) is 11.6 Å². The molecule has 2 bridgehead atoms. The van der Waals surface area contributed by atoms with E-state index in [1.54, 1.807) is 0 Å². The van der Waals surface area contributed by atoms with Crippen LogP contribution in [0.4, 0.5) is 5.69 Å². The first-order chi connectivity index (χ1) is 7.81. The van der Waals surface area contributed by atoms with E-state index in [4.69, 9.17) is 11.6 Å². The molecular weight excluding hydrogens is 222 g/mol. The van der Waals surface area contributed by atoms with Crippen LogP contribution in [0.5, 0.6) is 0 Å². The van der Waals surface area contributed by atoms with Crippen molar-refractivity contribution in [2.45, 2.75) is 18.9 Å². The smallest absolute Gasteiger partial charge is 0.129 e. The van der Waals surface area contributed by atoms with Crippen LogP contribution in [0.2, 0.25) is 5.15 Å². The normalized spacial score (nSPS) is 32.7. The summed E-state index contributed by atoms with van der Waals surface area (Å²) in [5.41, 5.74) is 1.09. The Balaban J connectivity index is 1.68. The third kappa shape index (κ3) is 2.02. The van der Waals surface area contributed by atoms with Crippen LogP contribution in [0.15, 0.2) is 18.3 Å². The highest BCUT2D eigenvalue weighted by Crippen LogP contribution is 2.29. The maximum absolute atomic E-state index is 5.77. The molecule has 2 saturated heterocycles. The number of hydrogen-bond acceptors (Lipinski definition) is 3. The first kappa shape index (κ1) is 10.4. The maximum atomic E-state index is 5.77. The number of piperidine rings is 1. The van der Waals surface area contributed by atoms with Crippen LogP contribution < -0.4 is 5.32 Å². The molecule has 4 heteroatoms. The summed E-state index contributed by atoms with van der Waals surface area (Å²) in [5, 5.41) is 4.14.